The summed E-state index contributed by atoms with van der Waals surface area (Å²) in [7, 11) is 0. The number of unbranched alkanes of at least 4 members (excludes halogenated alkanes) is 2. The lowest BCUT2D eigenvalue weighted by Crippen LogP contribution is -2.33. The first-order valence-corrected chi connectivity index (χ1v) is 8.18. The molecule has 0 amide bonds. The van der Waals surface area contributed by atoms with Gasteiger partial charge in [-0.25, -0.2) is 15.0 Å². The Balaban J connectivity index is 2.08. The number of nitrogen functional groups attached to an aromatic ring is 1. The second-order valence-electron chi connectivity index (χ2n) is 5.87. The van der Waals surface area contributed by atoms with Gasteiger partial charge < -0.3 is 25.8 Å². The Morgan fingerprint density at radius 3 is 2.80 bits per heavy atom. The molecule has 1 fully saturated rings. The van der Waals surface area contributed by atoms with Crippen LogP contribution in [0, 0.1) is 11.8 Å². The molecule has 0 aliphatic carbocycles. The normalized spacial score (nSPS) is 25.9. The highest BCUT2D eigenvalue weighted by atomic mass is 16.6. The molecule has 9 heteroatoms. The van der Waals surface area contributed by atoms with Crippen LogP contribution in [0.1, 0.15) is 38.2 Å². The summed E-state index contributed by atoms with van der Waals surface area (Å²) >= 11 is 0. The zero-order chi connectivity index (χ0) is 18.0. The van der Waals surface area contributed by atoms with Gasteiger partial charge in [-0.1, -0.05) is 19.3 Å². The Morgan fingerprint density at radius 1 is 1.32 bits per heavy atom. The minimum atomic E-state index is -1.26. The van der Waals surface area contributed by atoms with Crippen LogP contribution in [0.15, 0.2) is 6.33 Å². The third-order valence-electron chi connectivity index (χ3n) is 4.13. The minimum absolute atomic E-state index is 0.187. The first kappa shape index (κ1) is 17.6. The Hall–Kier alpha value is -2.25. The number of imidazole rings is 1. The number of aliphatic hydroxyl groups excluding tert-OH is 3. The lowest BCUT2D eigenvalue weighted by molar-refractivity contribution is -0.0514. The summed E-state index contributed by atoms with van der Waals surface area (Å²) in [5, 5.41) is 29.7. The maximum absolute atomic E-state index is 10.3. The Kier molecular flexibility index (Phi) is 5.15. The van der Waals surface area contributed by atoms with Crippen LogP contribution in [-0.4, -0.2) is 59.8 Å². The van der Waals surface area contributed by atoms with Gasteiger partial charge in [-0.05, 0) is 12.3 Å². The van der Waals surface area contributed by atoms with E-state index in [-0.39, 0.29) is 5.82 Å². The highest BCUT2D eigenvalue weighted by molar-refractivity contribution is 5.82. The molecular weight excluding hydrogens is 326 g/mol. The van der Waals surface area contributed by atoms with Gasteiger partial charge in [-0.15, -0.1) is 0 Å². The van der Waals surface area contributed by atoms with Crippen LogP contribution in [0.2, 0.25) is 0 Å². The van der Waals surface area contributed by atoms with Crippen LogP contribution in [0.25, 0.3) is 11.2 Å². The number of nitrogens with zero attached hydrogens (tertiary/aromatic N) is 4. The molecule has 1 aliphatic heterocycles. The van der Waals surface area contributed by atoms with E-state index < -0.39 is 31.1 Å². The summed E-state index contributed by atoms with van der Waals surface area (Å²) in [4.78, 5) is 12.5. The second kappa shape index (κ2) is 7.33. The van der Waals surface area contributed by atoms with E-state index in [1.807, 2.05) is 0 Å². The Labute approximate surface area is 144 Å². The molecule has 1 saturated heterocycles. The van der Waals surface area contributed by atoms with Gasteiger partial charge in [0.2, 0.25) is 0 Å². The lowest BCUT2D eigenvalue weighted by Gasteiger charge is -2.17. The number of aliphatic hydroxyl groups is 3. The van der Waals surface area contributed by atoms with Crippen molar-refractivity contribution in [1.29, 1.82) is 0 Å². The first-order chi connectivity index (χ1) is 12.1. The van der Waals surface area contributed by atoms with Crippen LogP contribution in [0.3, 0.4) is 0 Å². The van der Waals surface area contributed by atoms with Gasteiger partial charge in [0.05, 0.1) is 6.61 Å². The Morgan fingerprint density at radius 2 is 2.12 bits per heavy atom. The van der Waals surface area contributed by atoms with E-state index in [2.05, 4.69) is 33.7 Å². The fraction of sp³-hybridized carbons (Fsp3) is 0.562. The van der Waals surface area contributed by atoms with E-state index in [4.69, 9.17) is 10.5 Å². The summed E-state index contributed by atoms with van der Waals surface area (Å²) in [5.74, 6) is 6.48. The smallest absolute Gasteiger partial charge is 0.189 e. The first-order valence-electron chi connectivity index (χ1n) is 8.18. The highest BCUT2D eigenvalue weighted by Crippen LogP contribution is 2.33. The molecule has 3 rings (SSSR count). The molecule has 0 spiro atoms. The quantitative estimate of drug-likeness (QED) is 0.431. The van der Waals surface area contributed by atoms with E-state index in [1.165, 1.54) is 10.9 Å². The van der Waals surface area contributed by atoms with Gasteiger partial charge in [0.25, 0.3) is 0 Å². The predicted octanol–water partition coefficient (Wildman–Crippen LogP) is -0.438. The van der Waals surface area contributed by atoms with Crippen molar-refractivity contribution in [1.82, 2.24) is 19.5 Å². The maximum Gasteiger partial charge on any atom is 0.189 e. The number of anilines is 1. The molecule has 4 atom stereocenters. The van der Waals surface area contributed by atoms with Gasteiger partial charge in [0.1, 0.15) is 24.6 Å². The molecular formula is C16H21N5O4. The van der Waals surface area contributed by atoms with Crippen molar-refractivity contribution in [3.63, 3.8) is 0 Å². The third kappa shape index (κ3) is 3.17. The van der Waals surface area contributed by atoms with Crippen molar-refractivity contribution >= 4 is 17.0 Å². The number of rotatable bonds is 4. The van der Waals surface area contributed by atoms with E-state index in [9.17, 15) is 15.3 Å². The molecule has 25 heavy (non-hydrogen) atoms. The van der Waals surface area contributed by atoms with Gasteiger partial charge in [-0.2, -0.15) is 0 Å². The number of hydrogen-bond acceptors (Lipinski definition) is 8. The van der Waals surface area contributed by atoms with Crippen molar-refractivity contribution in [2.24, 2.45) is 0 Å². The average Bonchev–Trinajstić information content (AvgIpc) is 3.11. The number of aromatic nitrogens is 4. The lowest BCUT2D eigenvalue weighted by atomic mass is 10.1. The van der Waals surface area contributed by atoms with Crippen LogP contribution >= 0.6 is 0 Å². The van der Waals surface area contributed by atoms with E-state index in [1.54, 1.807) is 0 Å². The molecule has 0 aromatic carbocycles. The van der Waals surface area contributed by atoms with Crippen molar-refractivity contribution in [2.75, 3.05) is 12.3 Å². The van der Waals surface area contributed by atoms with Crippen LogP contribution in [0.5, 0.6) is 0 Å². The van der Waals surface area contributed by atoms with Crippen molar-refractivity contribution in [3.8, 4) is 11.8 Å². The van der Waals surface area contributed by atoms with Crippen LogP contribution in [0.4, 0.5) is 5.82 Å². The van der Waals surface area contributed by atoms with Crippen LogP contribution < -0.4 is 5.73 Å². The van der Waals surface area contributed by atoms with E-state index in [0.29, 0.717) is 23.4 Å². The largest absolute Gasteiger partial charge is 0.394 e. The molecule has 9 nitrogen and oxygen atoms in total. The Bertz CT molecular complexity index is 812. The molecule has 5 N–H and O–H groups in total. The molecule has 3 heterocycles. The number of nitrogens with two attached hydrogens (primary N) is 1. The number of hydrogen-bond donors (Lipinski definition) is 4. The maximum atomic E-state index is 10.3. The standard InChI is InChI=1S/C16H21N5O4/c1-2-3-4-5-6-10-20-11-14(17)18-8-19-15(11)21(10)16-13(24)12(23)9(7-22)25-16/h8-9,12-13,16,22-24H,2-4,7H2,1H3,(H2,17,18,19)/t9-,12-,13-,16-/m1/s1. The zero-order valence-electron chi connectivity index (χ0n) is 13.8. The zero-order valence-corrected chi connectivity index (χ0v) is 13.8. The SMILES string of the molecule is CCCCC#Cc1nc2c(N)ncnc2n1[C@@H]1O[C@H](CO)[C@@H](O)[C@H]1O. The molecule has 2 aromatic heterocycles. The fourth-order valence-electron chi connectivity index (χ4n) is 2.76. The molecule has 1 aliphatic rings. The topological polar surface area (TPSA) is 140 Å². The molecule has 0 unspecified atom stereocenters. The summed E-state index contributed by atoms with van der Waals surface area (Å²) < 4.78 is 7.10. The van der Waals surface area contributed by atoms with Gasteiger partial charge >= 0.3 is 0 Å². The summed E-state index contributed by atoms with van der Waals surface area (Å²) in [6.07, 6.45) is -0.405. The van der Waals surface area contributed by atoms with Crippen molar-refractivity contribution in [3.05, 3.63) is 12.2 Å². The molecule has 0 bridgehead atoms. The van der Waals surface area contributed by atoms with Gasteiger partial charge in [0, 0.05) is 6.42 Å². The fourth-order valence-corrected chi connectivity index (χ4v) is 2.76. The van der Waals surface area contributed by atoms with Gasteiger partial charge in [0.15, 0.2) is 29.0 Å². The summed E-state index contributed by atoms with van der Waals surface area (Å²) in [6.45, 7) is 1.66. The predicted molar refractivity (Wildman–Crippen MR) is 89.1 cm³/mol. The minimum Gasteiger partial charge on any atom is -0.394 e. The second-order valence-corrected chi connectivity index (χ2v) is 5.87. The number of fused-ring (bicyclic) bond motifs is 1. The summed E-state index contributed by atoms with van der Waals surface area (Å²) in [5.41, 5.74) is 6.56. The highest BCUT2D eigenvalue weighted by Gasteiger charge is 2.44. The van der Waals surface area contributed by atoms with Crippen molar-refractivity contribution < 1.29 is 20.1 Å². The van der Waals surface area contributed by atoms with E-state index in [0.717, 1.165) is 12.8 Å². The summed E-state index contributed by atoms with van der Waals surface area (Å²) in [6, 6.07) is 0. The number of ether oxygens (including phenoxy) is 1. The van der Waals surface area contributed by atoms with E-state index >= 15 is 0 Å². The third-order valence-corrected chi connectivity index (χ3v) is 4.13. The average molecular weight is 347 g/mol. The van der Waals surface area contributed by atoms with Gasteiger partial charge in [-0.3, -0.25) is 4.57 Å². The molecule has 0 saturated carbocycles. The molecule has 0 radical (unpaired) electrons. The molecule has 2 aromatic rings. The van der Waals surface area contributed by atoms with Crippen molar-refractivity contribution in [2.45, 2.75) is 50.7 Å². The molecule has 134 valence electrons. The van der Waals surface area contributed by atoms with Crippen LogP contribution in [-0.2, 0) is 4.74 Å². The monoisotopic (exact) mass is 347 g/mol.